The van der Waals surface area contributed by atoms with Gasteiger partial charge in [-0.25, -0.2) is 0 Å². The Morgan fingerprint density at radius 2 is 2.12 bits per heavy atom. The van der Waals surface area contributed by atoms with Gasteiger partial charge in [0.1, 0.15) is 0 Å². The van der Waals surface area contributed by atoms with Crippen LogP contribution in [0.2, 0.25) is 5.02 Å². The highest BCUT2D eigenvalue weighted by Gasteiger charge is 2.15. The molecule has 1 amide bonds. The molecule has 1 aromatic carbocycles. The van der Waals surface area contributed by atoms with Gasteiger partial charge >= 0.3 is 0 Å². The number of non-ortho nitro benzene ring substituents is 1. The van der Waals surface area contributed by atoms with Crippen LogP contribution in [-0.2, 0) is 0 Å². The number of nitrogens with zero attached hydrogens (tertiary/aromatic N) is 1. The van der Waals surface area contributed by atoms with Gasteiger partial charge in [-0.1, -0.05) is 11.6 Å². The van der Waals surface area contributed by atoms with Crippen molar-refractivity contribution in [1.82, 2.24) is 5.32 Å². The maximum Gasteiger partial charge on any atom is 0.270 e. The zero-order valence-electron chi connectivity index (χ0n) is 8.86. The van der Waals surface area contributed by atoms with E-state index in [1.165, 1.54) is 18.2 Å². The quantitative estimate of drug-likeness (QED) is 0.653. The second-order valence-electron chi connectivity index (χ2n) is 3.55. The Hall–Kier alpha value is -1.62. The fraction of sp³-hybridized carbons (Fsp3) is 0.300. The Morgan fingerprint density at radius 3 is 2.62 bits per heavy atom. The molecule has 0 radical (unpaired) electrons. The number of carbonyl (C=O) groups is 1. The Bertz CT molecular complexity index is 432. The van der Waals surface area contributed by atoms with E-state index in [-0.39, 0.29) is 22.3 Å². The van der Waals surface area contributed by atoms with Crippen LogP contribution in [0.15, 0.2) is 18.2 Å². The fourth-order valence-electron chi connectivity index (χ4n) is 1.14. The molecule has 0 bridgehead atoms. The van der Waals surface area contributed by atoms with E-state index in [4.69, 9.17) is 11.6 Å². The maximum atomic E-state index is 11.6. The summed E-state index contributed by atoms with van der Waals surface area (Å²) in [6, 6.07) is 3.71. The van der Waals surface area contributed by atoms with Gasteiger partial charge in [0.2, 0.25) is 0 Å². The predicted molar refractivity (Wildman–Crippen MR) is 60.7 cm³/mol. The van der Waals surface area contributed by atoms with Gasteiger partial charge < -0.3 is 5.32 Å². The molecular weight excluding hydrogens is 232 g/mol. The Kier molecular flexibility index (Phi) is 3.84. The molecule has 6 heteroatoms. The highest BCUT2D eigenvalue weighted by molar-refractivity contribution is 6.33. The van der Waals surface area contributed by atoms with E-state index in [1.807, 2.05) is 0 Å². The molecule has 0 saturated carbocycles. The van der Waals surface area contributed by atoms with Gasteiger partial charge in [-0.3, -0.25) is 14.9 Å². The van der Waals surface area contributed by atoms with Crippen LogP contribution in [0.1, 0.15) is 24.2 Å². The number of carbonyl (C=O) groups excluding carboxylic acids is 1. The number of amides is 1. The van der Waals surface area contributed by atoms with Crippen molar-refractivity contribution >= 4 is 23.2 Å². The zero-order valence-corrected chi connectivity index (χ0v) is 9.62. The number of hydrogen-bond acceptors (Lipinski definition) is 3. The summed E-state index contributed by atoms with van der Waals surface area (Å²) >= 11 is 5.80. The average molecular weight is 243 g/mol. The minimum atomic E-state index is -0.567. The van der Waals surface area contributed by atoms with Crippen molar-refractivity contribution in [3.8, 4) is 0 Å². The maximum absolute atomic E-state index is 11.6. The third-order valence-electron chi connectivity index (χ3n) is 1.83. The topological polar surface area (TPSA) is 72.2 Å². The molecule has 0 aliphatic carbocycles. The number of halogens is 1. The summed E-state index contributed by atoms with van der Waals surface area (Å²) in [5.41, 5.74) is -0.0390. The molecule has 0 fully saturated rings. The van der Waals surface area contributed by atoms with Crippen molar-refractivity contribution in [2.75, 3.05) is 0 Å². The molecule has 1 aromatic rings. The van der Waals surface area contributed by atoms with Crippen LogP contribution in [0.25, 0.3) is 0 Å². The van der Waals surface area contributed by atoms with Crippen LogP contribution in [-0.4, -0.2) is 16.9 Å². The lowest BCUT2D eigenvalue weighted by atomic mass is 10.2. The van der Waals surface area contributed by atoms with Gasteiger partial charge in [0.05, 0.1) is 15.5 Å². The van der Waals surface area contributed by atoms with E-state index in [2.05, 4.69) is 5.32 Å². The second-order valence-corrected chi connectivity index (χ2v) is 3.96. The van der Waals surface area contributed by atoms with Crippen molar-refractivity contribution < 1.29 is 9.72 Å². The minimum absolute atomic E-state index is 0.0529. The number of nitrogens with one attached hydrogen (secondary N) is 1. The Morgan fingerprint density at radius 1 is 1.50 bits per heavy atom. The molecule has 0 aliphatic rings. The average Bonchev–Trinajstić information content (AvgIpc) is 2.16. The molecule has 0 spiro atoms. The highest BCUT2D eigenvalue weighted by Crippen LogP contribution is 2.21. The molecule has 0 unspecified atom stereocenters. The molecule has 0 atom stereocenters. The summed E-state index contributed by atoms with van der Waals surface area (Å²) in [5.74, 6) is -0.413. The van der Waals surface area contributed by atoms with Crippen LogP contribution in [0, 0.1) is 10.1 Å². The van der Waals surface area contributed by atoms with E-state index in [0.717, 1.165) is 0 Å². The molecule has 16 heavy (non-hydrogen) atoms. The van der Waals surface area contributed by atoms with E-state index in [0.29, 0.717) is 0 Å². The van der Waals surface area contributed by atoms with Gasteiger partial charge in [0.25, 0.3) is 11.6 Å². The van der Waals surface area contributed by atoms with Crippen molar-refractivity contribution in [3.05, 3.63) is 38.9 Å². The summed E-state index contributed by atoms with van der Waals surface area (Å²) in [6.07, 6.45) is 0. The molecule has 86 valence electrons. The largest absolute Gasteiger partial charge is 0.350 e. The van der Waals surface area contributed by atoms with Crippen molar-refractivity contribution in [1.29, 1.82) is 0 Å². The van der Waals surface area contributed by atoms with Gasteiger partial charge in [0, 0.05) is 18.2 Å². The first-order valence-electron chi connectivity index (χ1n) is 4.66. The van der Waals surface area contributed by atoms with Gasteiger partial charge in [-0.2, -0.15) is 0 Å². The third kappa shape index (κ3) is 2.93. The smallest absolute Gasteiger partial charge is 0.270 e. The summed E-state index contributed by atoms with van der Waals surface area (Å²) < 4.78 is 0. The lowest BCUT2D eigenvalue weighted by Gasteiger charge is -2.09. The monoisotopic (exact) mass is 242 g/mol. The van der Waals surface area contributed by atoms with Crippen LogP contribution in [0.4, 0.5) is 5.69 Å². The second kappa shape index (κ2) is 4.94. The van der Waals surface area contributed by atoms with Gasteiger partial charge in [0.15, 0.2) is 0 Å². The number of hydrogen-bond donors (Lipinski definition) is 1. The first-order chi connectivity index (χ1) is 7.41. The molecule has 1 rings (SSSR count). The molecule has 0 heterocycles. The van der Waals surface area contributed by atoms with E-state index < -0.39 is 10.8 Å². The van der Waals surface area contributed by atoms with Crippen LogP contribution in [0.3, 0.4) is 0 Å². The molecular formula is C10H11ClN2O3. The summed E-state index contributed by atoms with van der Waals surface area (Å²) in [7, 11) is 0. The first kappa shape index (κ1) is 12.4. The van der Waals surface area contributed by atoms with E-state index in [1.54, 1.807) is 13.8 Å². The molecule has 1 N–H and O–H groups in total. The van der Waals surface area contributed by atoms with E-state index >= 15 is 0 Å². The Labute approximate surface area is 97.6 Å². The zero-order chi connectivity index (χ0) is 12.3. The SMILES string of the molecule is CC(C)NC(=O)c1cc([N+](=O)[O-])ccc1Cl. The molecule has 0 aliphatic heterocycles. The third-order valence-corrected chi connectivity index (χ3v) is 2.15. The number of nitro benzene ring substituents is 1. The number of nitro groups is 1. The Balaban J connectivity index is 3.07. The van der Waals surface area contributed by atoms with Crippen molar-refractivity contribution in [2.45, 2.75) is 19.9 Å². The molecule has 5 nitrogen and oxygen atoms in total. The lowest BCUT2D eigenvalue weighted by molar-refractivity contribution is -0.384. The molecule has 0 aromatic heterocycles. The summed E-state index contributed by atoms with van der Waals surface area (Å²) in [4.78, 5) is 21.6. The van der Waals surface area contributed by atoms with E-state index in [9.17, 15) is 14.9 Å². The van der Waals surface area contributed by atoms with Crippen molar-refractivity contribution in [2.24, 2.45) is 0 Å². The van der Waals surface area contributed by atoms with Crippen LogP contribution >= 0.6 is 11.6 Å². The van der Waals surface area contributed by atoms with Gasteiger partial charge in [-0.05, 0) is 19.9 Å². The number of rotatable bonds is 3. The minimum Gasteiger partial charge on any atom is -0.350 e. The van der Waals surface area contributed by atoms with Crippen molar-refractivity contribution in [3.63, 3.8) is 0 Å². The lowest BCUT2D eigenvalue weighted by Crippen LogP contribution is -2.30. The normalized spacial score (nSPS) is 10.2. The van der Waals surface area contributed by atoms with Gasteiger partial charge in [-0.15, -0.1) is 0 Å². The van der Waals surface area contributed by atoms with Crippen LogP contribution < -0.4 is 5.32 Å². The highest BCUT2D eigenvalue weighted by atomic mass is 35.5. The first-order valence-corrected chi connectivity index (χ1v) is 5.04. The predicted octanol–water partition coefficient (Wildman–Crippen LogP) is 2.39. The standard InChI is InChI=1S/C10H11ClN2O3/c1-6(2)12-10(14)8-5-7(13(15)16)3-4-9(8)11/h3-6H,1-2H3,(H,12,14). The summed E-state index contributed by atoms with van der Waals surface area (Å²) in [5, 5.41) is 13.4. The number of benzene rings is 1. The fourth-order valence-corrected chi connectivity index (χ4v) is 1.34. The van der Waals surface area contributed by atoms with Crippen LogP contribution in [0.5, 0.6) is 0 Å². The molecule has 0 saturated heterocycles. The summed E-state index contributed by atoms with van der Waals surface area (Å²) in [6.45, 7) is 3.59.